The number of nitrogens with zero attached hydrogens (tertiary/aromatic N) is 2. The molecule has 0 fully saturated rings. The fraction of sp³-hybridized carbons (Fsp3) is 0.0769. The predicted molar refractivity (Wildman–Crippen MR) is 76.3 cm³/mol. The van der Waals surface area contributed by atoms with E-state index in [2.05, 4.69) is 9.97 Å². The van der Waals surface area contributed by atoms with Crippen LogP contribution in [0, 0.1) is 4.77 Å². The van der Waals surface area contributed by atoms with Crippen molar-refractivity contribution in [2.24, 2.45) is 0 Å². The number of pyridine rings is 1. The van der Waals surface area contributed by atoms with Gasteiger partial charge in [0.1, 0.15) is 0 Å². The zero-order valence-corrected chi connectivity index (χ0v) is 11.9. The van der Waals surface area contributed by atoms with Gasteiger partial charge in [0.25, 0.3) is 0 Å². The summed E-state index contributed by atoms with van der Waals surface area (Å²) in [6.07, 6.45) is -3.12. The minimum absolute atomic E-state index is 0.0731. The van der Waals surface area contributed by atoms with Crippen molar-refractivity contribution in [3.05, 3.63) is 51.9 Å². The normalized spacial score (nSPS) is 12.0. The summed E-state index contributed by atoms with van der Waals surface area (Å²) < 4.78 is 40.8. The maximum atomic E-state index is 13.1. The summed E-state index contributed by atoms with van der Waals surface area (Å²) in [5, 5.41) is 0.370. The molecule has 2 heterocycles. The summed E-state index contributed by atoms with van der Waals surface area (Å²) in [7, 11) is 0. The van der Waals surface area contributed by atoms with Gasteiger partial charge in [-0.2, -0.15) is 13.2 Å². The van der Waals surface area contributed by atoms with E-state index in [9.17, 15) is 13.2 Å². The number of hydrogen-bond acceptors (Lipinski definition) is 2. The largest absolute Gasteiger partial charge is 0.418 e. The molecule has 0 aliphatic rings. The summed E-state index contributed by atoms with van der Waals surface area (Å²) in [4.78, 5) is 6.88. The summed E-state index contributed by atoms with van der Waals surface area (Å²) in [6, 6.07) is 6.76. The van der Waals surface area contributed by atoms with E-state index < -0.39 is 11.7 Å². The average Bonchev–Trinajstić information content (AvgIpc) is 2.72. The lowest BCUT2D eigenvalue weighted by molar-refractivity contribution is -0.137. The van der Waals surface area contributed by atoms with E-state index in [-0.39, 0.29) is 10.5 Å². The number of fused-ring (bicyclic) bond motifs is 1. The smallest absolute Gasteiger partial charge is 0.329 e. The molecular formula is C13H7ClF3N3S. The van der Waals surface area contributed by atoms with Gasteiger partial charge in [-0.25, -0.2) is 4.98 Å². The van der Waals surface area contributed by atoms with Gasteiger partial charge in [-0.3, -0.25) is 4.57 Å². The first-order valence-corrected chi connectivity index (χ1v) is 6.59. The minimum atomic E-state index is -4.48. The first-order chi connectivity index (χ1) is 9.88. The molecule has 3 aromatic rings. The van der Waals surface area contributed by atoms with Gasteiger partial charge in [0, 0.05) is 6.20 Å². The number of imidazole rings is 1. The number of hydrogen-bond donors (Lipinski definition) is 1. The van der Waals surface area contributed by atoms with Crippen LogP contribution in [-0.4, -0.2) is 14.5 Å². The number of nitrogens with one attached hydrogen (secondary N) is 1. The van der Waals surface area contributed by atoms with E-state index in [0.29, 0.717) is 16.2 Å². The van der Waals surface area contributed by atoms with Gasteiger partial charge in [-0.05, 0) is 30.4 Å². The molecule has 108 valence electrons. The van der Waals surface area contributed by atoms with E-state index in [1.807, 2.05) is 0 Å². The standard InChI is InChI=1S/C13H7ClF3N3S/c14-7-5-9-11(18-6-7)20(12(21)19-9)10-4-2-1-3-8(10)13(15,16)17/h1-6H,(H,19,21). The molecule has 1 N–H and O–H groups in total. The van der Waals surface area contributed by atoms with Crippen LogP contribution in [0.15, 0.2) is 36.5 Å². The topological polar surface area (TPSA) is 33.6 Å². The van der Waals surface area contributed by atoms with Gasteiger partial charge < -0.3 is 4.98 Å². The number of para-hydroxylation sites is 1. The highest BCUT2D eigenvalue weighted by molar-refractivity contribution is 7.71. The Morgan fingerprint density at radius 2 is 1.95 bits per heavy atom. The molecular weight excluding hydrogens is 323 g/mol. The maximum Gasteiger partial charge on any atom is 0.418 e. The van der Waals surface area contributed by atoms with Crippen molar-refractivity contribution in [2.75, 3.05) is 0 Å². The Morgan fingerprint density at radius 3 is 2.67 bits per heavy atom. The van der Waals surface area contributed by atoms with Crippen molar-refractivity contribution in [1.82, 2.24) is 14.5 Å². The van der Waals surface area contributed by atoms with Crippen molar-refractivity contribution in [3.63, 3.8) is 0 Å². The number of alkyl halides is 3. The maximum absolute atomic E-state index is 13.1. The van der Waals surface area contributed by atoms with Gasteiger partial charge in [-0.15, -0.1) is 0 Å². The van der Waals surface area contributed by atoms with Crippen LogP contribution in [0.5, 0.6) is 0 Å². The SMILES string of the molecule is FC(F)(F)c1ccccc1-n1c(=S)[nH]c2cc(Cl)cnc21. The van der Waals surface area contributed by atoms with Gasteiger partial charge in [0.05, 0.1) is 21.8 Å². The van der Waals surface area contributed by atoms with Crippen molar-refractivity contribution in [3.8, 4) is 5.69 Å². The summed E-state index contributed by atoms with van der Waals surface area (Å²) in [5.74, 6) is 0. The number of aromatic amines is 1. The molecule has 0 aliphatic heterocycles. The molecule has 0 bridgehead atoms. The third-order valence-corrected chi connectivity index (χ3v) is 3.43. The Bertz CT molecular complexity index is 882. The molecule has 21 heavy (non-hydrogen) atoms. The minimum Gasteiger partial charge on any atom is -0.329 e. The van der Waals surface area contributed by atoms with E-state index in [1.165, 1.54) is 29.0 Å². The monoisotopic (exact) mass is 329 g/mol. The average molecular weight is 330 g/mol. The third-order valence-electron chi connectivity index (χ3n) is 2.94. The van der Waals surface area contributed by atoms with Crippen LogP contribution in [0.3, 0.4) is 0 Å². The van der Waals surface area contributed by atoms with Crippen LogP contribution >= 0.6 is 23.8 Å². The first kappa shape index (κ1) is 14.1. The molecule has 0 amide bonds. The molecule has 0 saturated heterocycles. The number of H-pyrrole nitrogens is 1. The molecule has 3 rings (SSSR count). The second kappa shape index (κ2) is 4.85. The number of aromatic nitrogens is 3. The summed E-state index contributed by atoms with van der Waals surface area (Å²) >= 11 is 10.9. The molecule has 0 spiro atoms. The van der Waals surface area contributed by atoms with Gasteiger partial charge in [-0.1, -0.05) is 23.7 Å². The highest BCUT2D eigenvalue weighted by atomic mass is 35.5. The number of rotatable bonds is 1. The summed E-state index contributed by atoms with van der Waals surface area (Å²) in [6.45, 7) is 0. The van der Waals surface area contributed by atoms with Crippen LogP contribution < -0.4 is 0 Å². The van der Waals surface area contributed by atoms with Crippen LogP contribution in [0.1, 0.15) is 5.56 Å². The highest BCUT2D eigenvalue weighted by Gasteiger charge is 2.34. The quantitative estimate of drug-likeness (QED) is 0.653. The van der Waals surface area contributed by atoms with E-state index in [0.717, 1.165) is 6.07 Å². The van der Waals surface area contributed by atoms with Crippen LogP contribution in [0.2, 0.25) is 5.02 Å². The Balaban J connectivity index is 2.37. The van der Waals surface area contributed by atoms with E-state index in [1.54, 1.807) is 6.07 Å². The molecule has 2 aromatic heterocycles. The second-order valence-corrected chi connectivity index (χ2v) is 5.13. The molecule has 0 saturated carbocycles. The molecule has 0 aliphatic carbocycles. The molecule has 1 aromatic carbocycles. The number of halogens is 4. The fourth-order valence-electron chi connectivity index (χ4n) is 2.10. The fourth-order valence-corrected chi connectivity index (χ4v) is 2.55. The molecule has 8 heteroatoms. The Morgan fingerprint density at radius 1 is 1.24 bits per heavy atom. The van der Waals surface area contributed by atoms with Crippen molar-refractivity contribution >= 4 is 35.0 Å². The Kier molecular flexibility index (Phi) is 3.26. The van der Waals surface area contributed by atoms with Gasteiger partial charge >= 0.3 is 6.18 Å². The summed E-state index contributed by atoms with van der Waals surface area (Å²) in [5.41, 5.74) is -0.0830. The molecule has 0 atom stereocenters. The molecule has 0 unspecified atom stereocenters. The van der Waals surface area contributed by atoms with E-state index in [4.69, 9.17) is 23.8 Å². The van der Waals surface area contributed by atoms with Crippen molar-refractivity contribution in [1.29, 1.82) is 0 Å². The third kappa shape index (κ3) is 2.43. The lowest BCUT2D eigenvalue weighted by Gasteiger charge is -2.13. The Labute approximate surface area is 127 Å². The molecule has 3 nitrogen and oxygen atoms in total. The van der Waals surface area contributed by atoms with Gasteiger partial charge in [0.15, 0.2) is 10.4 Å². The van der Waals surface area contributed by atoms with Crippen LogP contribution in [-0.2, 0) is 6.18 Å². The van der Waals surface area contributed by atoms with E-state index >= 15 is 0 Å². The Hall–Kier alpha value is -1.86. The zero-order valence-electron chi connectivity index (χ0n) is 10.3. The predicted octanol–water partition coefficient (Wildman–Crippen LogP) is 4.76. The zero-order chi connectivity index (χ0) is 15.2. The highest BCUT2D eigenvalue weighted by Crippen LogP contribution is 2.34. The second-order valence-electron chi connectivity index (χ2n) is 4.31. The van der Waals surface area contributed by atoms with Crippen LogP contribution in [0.25, 0.3) is 16.9 Å². The van der Waals surface area contributed by atoms with Gasteiger partial charge in [0.2, 0.25) is 0 Å². The molecule has 0 radical (unpaired) electrons. The first-order valence-electron chi connectivity index (χ1n) is 5.81. The van der Waals surface area contributed by atoms with Crippen molar-refractivity contribution < 1.29 is 13.2 Å². The lowest BCUT2D eigenvalue weighted by Crippen LogP contribution is -2.11. The lowest BCUT2D eigenvalue weighted by atomic mass is 10.1. The van der Waals surface area contributed by atoms with Crippen molar-refractivity contribution in [2.45, 2.75) is 6.18 Å². The number of benzene rings is 1. The van der Waals surface area contributed by atoms with Crippen LogP contribution in [0.4, 0.5) is 13.2 Å².